The van der Waals surface area contributed by atoms with Crippen molar-refractivity contribution in [2.75, 3.05) is 6.54 Å². The zero-order chi connectivity index (χ0) is 39.4. The smallest absolute Gasteiger partial charge is 0.408 e. The van der Waals surface area contributed by atoms with Crippen LogP contribution in [-0.4, -0.2) is 94.6 Å². The molecule has 3 aromatic rings. The summed E-state index contributed by atoms with van der Waals surface area (Å²) in [5.74, 6) is -4.45. The molecule has 292 valence electrons. The van der Waals surface area contributed by atoms with Crippen LogP contribution in [-0.2, 0) is 29.1 Å². The average Bonchev–Trinajstić information content (AvgIpc) is 3.95. The summed E-state index contributed by atoms with van der Waals surface area (Å²) in [7, 11) is -4.14. The maximum absolute atomic E-state index is 14.5. The van der Waals surface area contributed by atoms with Gasteiger partial charge in [-0.2, -0.15) is 0 Å². The van der Waals surface area contributed by atoms with Crippen molar-refractivity contribution in [2.24, 2.45) is 11.3 Å². The minimum Gasteiger partial charge on any atom is -0.471 e. The van der Waals surface area contributed by atoms with Crippen LogP contribution >= 0.6 is 11.3 Å². The monoisotopic (exact) mass is 790 g/mol. The summed E-state index contributed by atoms with van der Waals surface area (Å²) >= 11 is 1.41. The number of alkyl halides is 2. The second kappa shape index (κ2) is 14.3. The first-order chi connectivity index (χ1) is 25.2. The van der Waals surface area contributed by atoms with Gasteiger partial charge in [0.25, 0.3) is 5.91 Å². The zero-order valence-corrected chi connectivity index (χ0v) is 32.4. The Bertz CT molecular complexity index is 2050. The maximum Gasteiger partial charge on any atom is 0.408 e. The lowest BCUT2D eigenvalue weighted by Crippen LogP contribution is -2.60. The van der Waals surface area contributed by atoms with E-state index >= 15 is 0 Å². The lowest BCUT2D eigenvalue weighted by atomic mass is 9.85. The highest BCUT2D eigenvalue weighted by atomic mass is 32.2. The van der Waals surface area contributed by atoms with Gasteiger partial charge in [-0.15, -0.1) is 11.3 Å². The molecule has 5 atom stereocenters. The van der Waals surface area contributed by atoms with E-state index in [1.165, 1.54) is 16.2 Å². The lowest BCUT2D eigenvalue weighted by molar-refractivity contribution is -0.143. The fraction of sp³-hybridized carbons (Fsp3) is 0.556. The van der Waals surface area contributed by atoms with Crippen molar-refractivity contribution in [3.63, 3.8) is 0 Å². The Labute approximate surface area is 315 Å². The number of likely N-dealkylation sites (tertiary alicyclic amines) is 1. The number of rotatable bonds is 11. The summed E-state index contributed by atoms with van der Waals surface area (Å²) in [6.07, 6.45) is -4.86. The summed E-state index contributed by atoms with van der Waals surface area (Å²) in [6, 6.07) is 8.23. The molecule has 0 radical (unpaired) electrons. The van der Waals surface area contributed by atoms with Crippen molar-refractivity contribution in [3.8, 4) is 16.5 Å². The number of benzene rings is 1. The Morgan fingerprint density at radius 2 is 1.67 bits per heavy atom. The predicted octanol–water partition coefficient (Wildman–Crippen LogP) is 4.39. The van der Waals surface area contributed by atoms with Crippen molar-refractivity contribution in [1.29, 1.82) is 0 Å². The van der Waals surface area contributed by atoms with E-state index in [1.54, 1.807) is 59.7 Å². The van der Waals surface area contributed by atoms with E-state index in [0.717, 1.165) is 4.88 Å². The number of alkyl carbamates (subject to hydrolysis) is 1. The van der Waals surface area contributed by atoms with Crippen LogP contribution in [0.3, 0.4) is 0 Å². The molecule has 1 aromatic carbocycles. The van der Waals surface area contributed by atoms with E-state index in [2.05, 4.69) is 10.6 Å². The molecule has 0 bridgehead atoms. The molecule has 1 saturated heterocycles. The average molecular weight is 791 g/mol. The number of ether oxygens (including phenoxy) is 2. The fourth-order valence-corrected chi connectivity index (χ4v) is 8.52. The Hall–Kier alpha value is -4.45. The largest absolute Gasteiger partial charge is 0.471 e. The van der Waals surface area contributed by atoms with Gasteiger partial charge in [-0.3, -0.25) is 19.1 Å². The van der Waals surface area contributed by atoms with Crippen molar-refractivity contribution in [3.05, 3.63) is 41.8 Å². The van der Waals surface area contributed by atoms with E-state index < -0.39 is 92.6 Å². The predicted molar refractivity (Wildman–Crippen MR) is 195 cm³/mol. The van der Waals surface area contributed by atoms with Crippen molar-refractivity contribution < 1.29 is 45.9 Å². The third-order valence-corrected chi connectivity index (χ3v) is 12.2. The standard InChI is InChI=1S/C36H44F2N6O8S2/c1-34(2,3)27(41-33(48)52-35(4,5)6)31(46)44-18-19(51-30-26(25-12-9-15-53-25)39-22-10-7-8-11-23(22)40-30)16-24(44)29(45)42-36(17-21(36)28(37)38)32(47)43-54(49,50)20-13-14-20/h7-12,15,19-21,24,27-28H,13-14,16-18H2,1-6H3,(H,41,48)(H,42,45)(H,43,47)/t19-,21+,24+,27-,36-/m1/s1. The van der Waals surface area contributed by atoms with Gasteiger partial charge in [-0.25, -0.2) is 32.0 Å². The molecule has 6 rings (SSSR count). The Balaban J connectivity index is 1.33. The first-order valence-corrected chi connectivity index (χ1v) is 20.0. The van der Waals surface area contributed by atoms with Crippen LogP contribution in [0.5, 0.6) is 5.88 Å². The molecule has 3 N–H and O–H groups in total. The number of hydrogen-bond acceptors (Lipinski definition) is 11. The molecule has 2 aliphatic carbocycles. The zero-order valence-electron chi connectivity index (χ0n) is 30.7. The molecule has 3 fully saturated rings. The van der Waals surface area contributed by atoms with Gasteiger partial charge < -0.3 is 25.0 Å². The first kappa shape index (κ1) is 39.2. The maximum atomic E-state index is 14.5. The molecular weight excluding hydrogens is 747 g/mol. The summed E-state index contributed by atoms with van der Waals surface area (Å²) in [5.41, 5.74) is -2.46. The molecule has 3 heterocycles. The van der Waals surface area contributed by atoms with Crippen LogP contribution in [0.1, 0.15) is 67.2 Å². The van der Waals surface area contributed by atoms with E-state index in [1.807, 2.05) is 28.3 Å². The lowest BCUT2D eigenvalue weighted by Gasteiger charge is -2.36. The Morgan fingerprint density at radius 1 is 1.00 bits per heavy atom. The molecule has 2 saturated carbocycles. The van der Waals surface area contributed by atoms with Gasteiger partial charge in [0.2, 0.25) is 34.1 Å². The van der Waals surface area contributed by atoms with E-state index in [-0.39, 0.29) is 18.8 Å². The normalized spacial score (nSPS) is 23.5. The number of amides is 4. The van der Waals surface area contributed by atoms with Gasteiger partial charge in [0.15, 0.2) is 0 Å². The number of para-hydroxylation sites is 2. The number of halogens is 2. The van der Waals surface area contributed by atoms with E-state index in [9.17, 15) is 36.4 Å². The van der Waals surface area contributed by atoms with E-state index in [0.29, 0.717) is 29.6 Å². The third-order valence-electron chi connectivity index (χ3n) is 9.46. The quantitative estimate of drug-likeness (QED) is 0.252. The third kappa shape index (κ3) is 8.43. The number of carbonyl (C=O) groups excluding carboxylic acids is 4. The molecule has 4 amide bonds. The molecule has 2 aromatic heterocycles. The minimum absolute atomic E-state index is 0.134. The highest BCUT2D eigenvalue weighted by Crippen LogP contribution is 2.48. The summed E-state index contributed by atoms with van der Waals surface area (Å²) < 4.78 is 67.3. The summed E-state index contributed by atoms with van der Waals surface area (Å²) in [6.45, 7) is 9.91. The fourth-order valence-electron chi connectivity index (χ4n) is 6.45. The van der Waals surface area contributed by atoms with Gasteiger partial charge in [-0.1, -0.05) is 39.0 Å². The van der Waals surface area contributed by atoms with Crippen molar-refractivity contribution in [1.82, 2.24) is 30.2 Å². The summed E-state index contributed by atoms with van der Waals surface area (Å²) in [4.78, 5) is 66.5. The number of sulfonamides is 1. The number of nitrogens with zero attached hydrogens (tertiary/aromatic N) is 3. The van der Waals surface area contributed by atoms with E-state index in [4.69, 9.17) is 19.4 Å². The molecule has 18 heteroatoms. The molecule has 0 spiro atoms. The van der Waals surface area contributed by atoms with Crippen molar-refractivity contribution >= 4 is 56.2 Å². The molecule has 54 heavy (non-hydrogen) atoms. The number of fused-ring (bicyclic) bond motifs is 1. The number of hydrogen-bond donors (Lipinski definition) is 3. The Kier molecular flexibility index (Phi) is 10.4. The van der Waals surface area contributed by atoms with Gasteiger partial charge in [0.1, 0.15) is 35.0 Å². The number of nitrogens with one attached hydrogen (secondary N) is 3. The number of thiophene rings is 1. The second-order valence-corrected chi connectivity index (χ2v) is 19.0. The van der Waals surface area contributed by atoms with Crippen LogP contribution in [0.2, 0.25) is 0 Å². The number of carbonyl (C=O) groups is 4. The second-order valence-electron chi connectivity index (χ2n) is 16.1. The van der Waals surface area contributed by atoms with Gasteiger partial charge >= 0.3 is 6.09 Å². The van der Waals surface area contributed by atoms with Crippen LogP contribution < -0.4 is 20.1 Å². The van der Waals surface area contributed by atoms with Crippen LogP contribution in [0.15, 0.2) is 41.8 Å². The highest BCUT2D eigenvalue weighted by molar-refractivity contribution is 7.91. The molecule has 0 unspecified atom stereocenters. The number of aromatic nitrogens is 2. The summed E-state index contributed by atoms with van der Waals surface area (Å²) in [5, 5.41) is 6.09. The molecule has 14 nitrogen and oxygen atoms in total. The molecular formula is C36H44F2N6O8S2. The van der Waals surface area contributed by atoms with Crippen LogP contribution in [0.25, 0.3) is 21.6 Å². The van der Waals surface area contributed by atoms with Gasteiger partial charge in [0, 0.05) is 6.42 Å². The first-order valence-electron chi connectivity index (χ1n) is 17.6. The Morgan fingerprint density at radius 3 is 2.22 bits per heavy atom. The highest BCUT2D eigenvalue weighted by Gasteiger charge is 2.67. The van der Waals surface area contributed by atoms with Crippen LogP contribution in [0, 0.1) is 11.3 Å². The molecule has 3 aliphatic rings. The topological polar surface area (TPSA) is 186 Å². The molecule has 1 aliphatic heterocycles. The van der Waals surface area contributed by atoms with Gasteiger partial charge in [0.05, 0.1) is 33.6 Å². The van der Waals surface area contributed by atoms with Gasteiger partial charge in [-0.05, 0) is 69.0 Å². The van der Waals surface area contributed by atoms with Crippen molar-refractivity contribution in [2.45, 2.75) is 108 Å². The van der Waals surface area contributed by atoms with Crippen LogP contribution in [0.4, 0.5) is 13.6 Å². The minimum atomic E-state index is -4.14. The SMILES string of the molecule is CC(C)(C)OC(=O)N[C@H](C(=O)N1C[C@H](Oc2nc3ccccc3nc2-c2cccs2)C[C@H]1C(=O)N[C@]1(C(=O)NS(=O)(=O)C2CC2)C[C@H]1C(F)F)C(C)(C)C.